The number of nitrogens with zero attached hydrogens (tertiary/aromatic N) is 2. The molecule has 2 saturated heterocycles. The summed E-state index contributed by atoms with van der Waals surface area (Å²) < 4.78 is 10.6. The number of hydrogen-bond donors (Lipinski definition) is 0. The van der Waals surface area contributed by atoms with E-state index in [-0.39, 0.29) is 23.7 Å². The summed E-state index contributed by atoms with van der Waals surface area (Å²) in [7, 11) is 1.37. The topological polar surface area (TPSA) is 80.1 Å². The van der Waals surface area contributed by atoms with Crippen LogP contribution in [-0.4, -0.2) is 54.0 Å². The fourth-order valence-electron chi connectivity index (χ4n) is 5.06. The van der Waals surface area contributed by atoms with Crippen LogP contribution in [0.5, 0.6) is 0 Å². The molecule has 1 aromatic heterocycles. The normalized spacial score (nSPS) is 21.5. The summed E-state index contributed by atoms with van der Waals surface area (Å²) in [4.78, 5) is 41.8. The minimum Gasteiger partial charge on any atom is -0.469 e. The van der Waals surface area contributed by atoms with Gasteiger partial charge in [-0.3, -0.25) is 19.3 Å². The quantitative estimate of drug-likeness (QED) is 0.691. The van der Waals surface area contributed by atoms with Crippen molar-refractivity contribution in [1.29, 1.82) is 0 Å². The predicted molar refractivity (Wildman–Crippen MR) is 112 cm³/mol. The van der Waals surface area contributed by atoms with Crippen molar-refractivity contribution in [2.45, 2.75) is 38.3 Å². The molecule has 2 aromatic rings. The Bertz CT molecular complexity index is 1040. The highest BCUT2D eigenvalue weighted by Crippen LogP contribution is 2.44. The lowest BCUT2D eigenvalue weighted by Crippen LogP contribution is -2.57. The third-order valence-electron chi connectivity index (χ3n) is 6.59. The van der Waals surface area contributed by atoms with Crippen molar-refractivity contribution < 1.29 is 18.7 Å². The zero-order valence-electron chi connectivity index (χ0n) is 17.2. The van der Waals surface area contributed by atoms with Crippen molar-refractivity contribution in [1.82, 2.24) is 9.80 Å². The summed E-state index contributed by atoms with van der Waals surface area (Å²) in [6.07, 6.45) is 3.04. The van der Waals surface area contributed by atoms with Gasteiger partial charge in [-0.1, -0.05) is 11.6 Å². The van der Waals surface area contributed by atoms with E-state index >= 15 is 0 Å². The Balaban J connectivity index is 1.54. The molecule has 30 heavy (non-hydrogen) atoms. The lowest BCUT2D eigenvalue weighted by molar-refractivity contribution is -0.150. The molecule has 1 aromatic carbocycles. The minimum atomic E-state index is -0.503. The number of halogens is 1. The monoisotopic (exact) mass is 432 g/mol. The number of methoxy groups -OCH3 is 1. The maximum atomic E-state index is 12.9. The van der Waals surface area contributed by atoms with Crippen molar-refractivity contribution in [3.8, 4) is 0 Å². The highest BCUT2D eigenvalue weighted by molar-refractivity contribution is 6.31. The first-order valence-corrected chi connectivity index (χ1v) is 10.6. The smallest absolute Gasteiger partial charge is 0.311 e. The molecule has 0 aliphatic carbocycles. The first kappa shape index (κ1) is 20.9. The number of carbonyl (C=O) groups excluding carboxylic acids is 2. The highest BCUT2D eigenvalue weighted by Gasteiger charge is 2.56. The first-order valence-electron chi connectivity index (χ1n) is 10.2. The number of benzene rings is 1. The van der Waals surface area contributed by atoms with E-state index in [1.807, 2.05) is 11.8 Å². The van der Waals surface area contributed by atoms with Crippen molar-refractivity contribution in [2.75, 3.05) is 26.7 Å². The second-order valence-corrected chi connectivity index (χ2v) is 8.46. The maximum absolute atomic E-state index is 12.9. The van der Waals surface area contributed by atoms with Gasteiger partial charge in [-0.15, -0.1) is 0 Å². The van der Waals surface area contributed by atoms with Crippen LogP contribution in [0.1, 0.15) is 31.7 Å². The zero-order chi connectivity index (χ0) is 21.5. The minimum absolute atomic E-state index is 0.00778. The van der Waals surface area contributed by atoms with Gasteiger partial charge in [0.1, 0.15) is 5.58 Å². The second kappa shape index (κ2) is 8.04. The fourth-order valence-corrected chi connectivity index (χ4v) is 5.23. The van der Waals surface area contributed by atoms with Gasteiger partial charge in [-0.2, -0.15) is 0 Å². The summed E-state index contributed by atoms with van der Waals surface area (Å²) in [5.74, 6) is -0.752. The van der Waals surface area contributed by atoms with Gasteiger partial charge in [0, 0.05) is 43.2 Å². The molecule has 0 bridgehead atoms. The average Bonchev–Trinajstić information content (AvgIpc) is 3.02. The van der Waals surface area contributed by atoms with Gasteiger partial charge >= 0.3 is 5.97 Å². The molecular weight excluding hydrogens is 408 g/mol. The third kappa shape index (κ3) is 3.40. The van der Waals surface area contributed by atoms with E-state index in [1.54, 1.807) is 18.2 Å². The molecule has 1 unspecified atom stereocenters. The summed E-state index contributed by atoms with van der Waals surface area (Å²) in [6, 6.07) is 5.01. The Morgan fingerprint density at radius 2 is 2.03 bits per heavy atom. The summed E-state index contributed by atoms with van der Waals surface area (Å²) >= 11 is 6.03. The fraction of sp³-hybridized carbons (Fsp3) is 0.500. The van der Waals surface area contributed by atoms with Crippen LogP contribution in [0.25, 0.3) is 11.0 Å². The largest absolute Gasteiger partial charge is 0.469 e. The molecule has 1 spiro atoms. The molecule has 2 aliphatic heterocycles. The van der Waals surface area contributed by atoms with E-state index in [9.17, 15) is 14.4 Å². The van der Waals surface area contributed by atoms with Gasteiger partial charge in [0.2, 0.25) is 5.91 Å². The van der Waals surface area contributed by atoms with Gasteiger partial charge in [0.25, 0.3) is 0 Å². The van der Waals surface area contributed by atoms with Crippen LogP contribution in [-0.2, 0) is 20.9 Å². The van der Waals surface area contributed by atoms with Crippen LogP contribution in [0.15, 0.2) is 33.7 Å². The number of esters is 1. The predicted octanol–water partition coefficient (Wildman–Crippen LogP) is 2.82. The molecule has 3 heterocycles. The number of likely N-dealkylation sites (tertiary alicyclic amines) is 2. The molecule has 8 heteroatoms. The number of fused-ring (bicyclic) bond motifs is 1. The van der Waals surface area contributed by atoms with Crippen molar-refractivity contribution in [3.05, 3.63) is 45.3 Å². The number of carbonyl (C=O) groups is 2. The van der Waals surface area contributed by atoms with Crippen LogP contribution < -0.4 is 5.43 Å². The van der Waals surface area contributed by atoms with E-state index in [0.29, 0.717) is 60.6 Å². The van der Waals surface area contributed by atoms with Crippen molar-refractivity contribution in [3.63, 3.8) is 0 Å². The number of rotatable bonds is 4. The first-order chi connectivity index (χ1) is 14.4. The second-order valence-electron chi connectivity index (χ2n) is 8.03. The van der Waals surface area contributed by atoms with Gasteiger partial charge in [0.15, 0.2) is 5.43 Å². The lowest BCUT2D eigenvalue weighted by Gasteiger charge is -2.46. The molecule has 7 nitrogen and oxygen atoms in total. The Labute approximate surface area is 179 Å². The molecule has 2 aliphatic rings. The van der Waals surface area contributed by atoms with E-state index in [2.05, 4.69) is 4.90 Å². The van der Waals surface area contributed by atoms with Crippen LogP contribution in [0.4, 0.5) is 0 Å². The number of ether oxygens (including phenoxy) is 1. The SMILES string of the molecule is CCN1C(=O)CC(C(=O)OC)C12CCN(Cc1coc3ccc(Cl)cc3c1=O)CC2. The molecule has 4 rings (SSSR count). The van der Waals surface area contributed by atoms with Crippen molar-refractivity contribution in [2.24, 2.45) is 5.92 Å². The molecule has 160 valence electrons. The third-order valence-corrected chi connectivity index (χ3v) is 6.82. The number of amides is 1. The Morgan fingerprint density at radius 3 is 2.70 bits per heavy atom. The van der Waals surface area contributed by atoms with E-state index in [4.69, 9.17) is 20.8 Å². The maximum Gasteiger partial charge on any atom is 0.311 e. The molecule has 0 saturated carbocycles. The molecular formula is C22H25ClN2O5. The molecule has 0 N–H and O–H groups in total. The van der Waals surface area contributed by atoms with Gasteiger partial charge < -0.3 is 14.1 Å². The Hall–Kier alpha value is -2.38. The standard InChI is InChI=1S/C22H25ClN2O5/c1-3-25-19(26)11-17(21(28)29-2)22(25)6-8-24(9-7-22)12-14-13-30-18-5-4-15(23)10-16(18)20(14)27/h4-5,10,13,17H,3,6-9,11-12H2,1-2H3. The van der Waals surface area contributed by atoms with Gasteiger partial charge in [-0.05, 0) is 38.0 Å². The van der Waals surface area contributed by atoms with Gasteiger partial charge in [0.05, 0.1) is 30.2 Å². The lowest BCUT2D eigenvalue weighted by atomic mass is 9.76. The van der Waals surface area contributed by atoms with E-state index in [0.717, 1.165) is 0 Å². The molecule has 1 atom stereocenters. The van der Waals surface area contributed by atoms with E-state index < -0.39 is 11.5 Å². The van der Waals surface area contributed by atoms with Crippen LogP contribution in [0.2, 0.25) is 5.02 Å². The van der Waals surface area contributed by atoms with E-state index in [1.165, 1.54) is 13.4 Å². The summed E-state index contributed by atoms with van der Waals surface area (Å²) in [6.45, 7) is 4.30. The van der Waals surface area contributed by atoms with Crippen LogP contribution in [0.3, 0.4) is 0 Å². The van der Waals surface area contributed by atoms with Crippen LogP contribution in [0, 0.1) is 5.92 Å². The molecule has 2 fully saturated rings. The summed E-state index contributed by atoms with van der Waals surface area (Å²) in [5.41, 5.74) is 0.490. The average molecular weight is 433 g/mol. The number of piperidine rings is 1. The van der Waals surface area contributed by atoms with Gasteiger partial charge in [-0.25, -0.2) is 0 Å². The molecule has 0 radical (unpaired) electrons. The Kier molecular flexibility index (Phi) is 5.59. The van der Waals surface area contributed by atoms with Crippen molar-refractivity contribution >= 4 is 34.4 Å². The Morgan fingerprint density at radius 1 is 1.30 bits per heavy atom. The van der Waals surface area contributed by atoms with Crippen LogP contribution >= 0.6 is 11.6 Å². The summed E-state index contributed by atoms with van der Waals surface area (Å²) in [5, 5.41) is 0.962. The molecule has 1 amide bonds. The highest BCUT2D eigenvalue weighted by atomic mass is 35.5. The number of hydrogen-bond acceptors (Lipinski definition) is 6. The zero-order valence-corrected chi connectivity index (χ0v) is 17.9.